The summed E-state index contributed by atoms with van der Waals surface area (Å²) in [4.78, 5) is 10.4. The molecule has 196 valence electrons. The number of benzene rings is 1. The van der Waals surface area contributed by atoms with Crippen LogP contribution in [0.1, 0.15) is 5.82 Å². The van der Waals surface area contributed by atoms with Gasteiger partial charge in [0.15, 0.2) is 5.82 Å². The van der Waals surface area contributed by atoms with Crippen LogP contribution < -0.4 is 10.1 Å². The topological polar surface area (TPSA) is 81.7 Å². The van der Waals surface area contributed by atoms with Gasteiger partial charge >= 0.3 is 0 Å². The SMILES string of the molecule is COc1nc(N[C@@H]2CN(C3COC3)CC2(F)F)nn2cc(F)c(-c3ccc4nc(C)n(CCF)c4c3)c12. The predicted molar refractivity (Wildman–Crippen MR) is 127 cm³/mol. The first kappa shape index (κ1) is 23.9. The zero-order valence-electron chi connectivity index (χ0n) is 20.2. The second-order valence-corrected chi connectivity index (χ2v) is 9.37. The minimum Gasteiger partial charge on any atom is -0.479 e. The van der Waals surface area contributed by atoms with Crippen molar-refractivity contribution in [3.63, 3.8) is 0 Å². The summed E-state index contributed by atoms with van der Waals surface area (Å²) in [5.74, 6) is -3.04. The Labute approximate surface area is 209 Å². The maximum atomic E-state index is 15.3. The summed E-state index contributed by atoms with van der Waals surface area (Å²) in [6, 6.07) is 3.92. The van der Waals surface area contributed by atoms with Crippen LogP contribution in [0.2, 0.25) is 0 Å². The molecule has 3 aromatic heterocycles. The van der Waals surface area contributed by atoms with Gasteiger partial charge in [0.05, 0.1) is 62.2 Å². The molecular weight excluding hydrogens is 494 g/mol. The quantitative estimate of drug-likeness (QED) is 0.375. The minimum atomic E-state index is -3.01. The Morgan fingerprint density at radius 1 is 1.24 bits per heavy atom. The summed E-state index contributed by atoms with van der Waals surface area (Å²) in [6.45, 7) is 1.92. The molecule has 4 aromatic rings. The van der Waals surface area contributed by atoms with Crippen molar-refractivity contribution in [2.45, 2.75) is 31.5 Å². The first-order valence-corrected chi connectivity index (χ1v) is 11.9. The van der Waals surface area contributed by atoms with Gasteiger partial charge in [0, 0.05) is 6.54 Å². The molecule has 0 radical (unpaired) electrons. The largest absolute Gasteiger partial charge is 0.479 e. The third kappa shape index (κ3) is 3.96. The lowest BCUT2D eigenvalue weighted by Crippen LogP contribution is -2.48. The van der Waals surface area contributed by atoms with Gasteiger partial charge in [-0.3, -0.25) is 4.90 Å². The van der Waals surface area contributed by atoms with Gasteiger partial charge in [0.2, 0.25) is 11.8 Å². The Balaban J connectivity index is 1.38. The van der Waals surface area contributed by atoms with Gasteiger partial charge in [0.1, 0.15) is 24.1 Å². The fraction of sp³-hybridized carbons (Fsp3) is 0.458. The molecule has 1 N–H and O–H groups in total. The van der Waals surface area contributed by atoms with Gasteiger partial charge < -0.3 is 19.4 Å². The summed E-state index contributed by atoms with van der Waals surface area (Å²) < 4.78 is 71.4. The lowest BCUT2D eigenvalue weighted by atomic mass is 10.1. The van der Waals surface area contributed by atoms with Crippen molar-refractivity contribution >= 4 is 22.5 Å². The molecule has 0 amide bonds. The van der Waals surface area contributed by atoms with Crippen molar-refractivity contribution in [3.8, 4) is 17.0 Å². The molecule has 1 atom stereocenters. The molecule has 2 fully saturated rings. The number of nitrogens with zero attached hydrogens (tertiary/aromatic N) is 6. The predicted octanol–water partition coefficient (Wildman–Crippen LogP) is 3.30. The normalized spacial score (nSPS) is 20.1. The Hall–Kier alpha value is -3.45. The van der Waals surface area contributed by atoms with E-state index in [4.69, 9.17) is 9.47 Å². The van der Waals surface area contributed by atoms with Crippen LogP contribution in [0.25, 0.3) is 27.7 Å². The first-order valence-electron chi connectivity index (χ1n) is 11.9. The Bertz CT molecular complexity index is 1480. The van der Waals surface area contributed by atoms with Crippen LogP contribution in [0.5, 0.6) is 5.88 Å². The van der Waals surface area contributed by atoms with Crippen molar-refractivity contribution in [3.05, 3.63) is 36.0 Å². The van der Waals surface area contributed by atoms with Gasteiger partial charge in [-0.1, -0.05) is 6.07 Å². The van der Waals surface area contributed by atoms with E-state index in [1.807, 2.05) is 0 Å². The van der Waals surface area contributed by atoms with Gasteiger partial charge in [-0.15, -0.1) is 5.10 Å². The molecule has 0 saturated carbocycles. The van der Waals surface area contributed by atoms with Crippen LogP contribution in [0.15, 0.2) is 24.4 Å². The fourth-order valence-corrected chi connectivity index (χ4v) is 5.10. The van der Waals surface area contributed by atoms with Crippen molar-refractivity contribution in [2.24, 2.45) is 0 Å². The number of likely N-dealkylation sites (tertiary alicyclic amines) is 1. The summed E-state index contributed by atoms with van der Waals surface area (Å²) in [5, 5.41) is 6.99. The molecule has 13 heteroatoms. The second-order valence-electron chi connectivity index (χ2n) is 9.37. The van der Waals surface area contributed by atoms with E-state index in [1.165, 1.54) is 11.6 Å². The number of nitrogens with one attached hydrogen (secondary N) is 1. The second kappa shape index (κ2) is 8.84. The number of halogens is 4. The van der Waals surface area contributed by atoms with Crippen molar-refractivity contribution < 1.29 is 27.0 Å². The zero-order valence-corrected chi connectivity index (χ0v) is 20.2. The molecule has 2 aliphatic rings. The van der Waals surface area contributed by atoms with Crippen LogP contribution in [0, 0.1) is 12.7 Å². The van der Waals surface area contributed by atoms with E-state index in [2.05, 4.69) is 20.4 Å². The van der Waals surface area contributed by atoms with Crippen molar-refractivity contribution in [1.29, 1.82) is 0 Å². The highest BCUT2D eigenvalue weighted by atomic mass is 19.3. The summed E-state index contributed by atoms with van der Waals surface area (Å²) in [6.07, 6.45) is 1.15. The highest BCUT2D eigenvalue weighted by molar-refractivity contribution is 5.90. The van der Waals surface area contributed by atoms with Crippen LogP contribution in [-0.2, 0) is 11.3 Å². The number of aromatic nitrogens is 5. The average molecular weight is 520 g/mol. The number of alkyl halides is 3. The summed E-state index contributed by atoms with van der Waals surface area (Å²) in [5.41, 5.74) is 2.24. The van der Waals surface area contributed by atoms with E-state index >= 15 is 4.39 Å². The summed E-state index contributed by atoms with van der Waals surface area (Å²) in [7, 11) is 1.37. The lowest BCUT2D eigenvalue weighted by Gasteiger charge is -2.34. The van der Waals surface area contributed by atoms with Gasteiger partial charge in [0.25, 0.3) is 5.92 Å². The standard InChI is InChI=1S/C24H25F4N7O2/c1-13-29-17-4-3-14(7-18(17)34(13)6-5-25)20-16(26)8-35-21(20)22(36-2)31-23(32-35)30-19-9-33(12-24(19,27)28)15-10-37-11-15/h3-4,7-8,15,19H,5-6,9-12H2,1-2H3,(H,30,32)/t19-/m1/s1. The molecule has 0 spiro atoms. The molecule has 1 aromatic carbocycles. The fourth-order valence-electron chi connectivity index (χ4n) is 5.10. The van der Waals surface area contributed by atoms with Crippen LogP contribution >= 0.6 is 0 Å². The van der Waals surface area contributed by atoms with Crippen molar-refractivity contribution in [2.75, 3.05) is 45.4 Å². The van der Waals surface area contributed by atoms with E-state index in [-0.39, 0.29) is 48.6 Å². The molecule has 37 heavy (non-hydrogen) atoms. The van der Waals surface area contributed by atoms with Crippen LogP contribution in [0.4, 0.5) is 23.5 Å². The van der Waals surface area contributed by atoms with E-state index in [0.717, 1.165) is 6.20 Å². The zero-order chi connectivity index (χ0) is 25.9. The number of anilines is 1. The molecule has 0 bridgehead atoms. The molecule has 5 heterocycles. The Morgan fingerprint density at radius 3 is 2.76 bits per heavy atom. The van der Waals surface area contributed by atoms with Crippen LogP contribution in [0.3, 0.4) is 0 Å². The van der Waals surface area contributed by atoms with E-state index < -0.39 is 24.5 Å². The number of hydrogen-bond acceptors (Lipinski definition) is 7. The highest BCUT2D eigenvalue weighted by Gasteiger charge is 2.51. The third-order valence-corrected chi connectivity index (χ3v) is 7.06. The smallest absolute Gasteiger partial charge is 0.281 e. The highest BCUT2D eigenvalue weighted by Crippen LogP contribution is 2.37. The van der Waals surface area contributed by atoms with E-state index in [0.29, 0.717) is 35.6 Å². The number of hydrogen-bond donors (Lipinski definition) is 1. The lowest BCUT2D eigenvalue weighted by molar-refractivity contribution is -0.0711. The first-order chi connectivity index (χ1) is 17.8. The average Bonchev–Trinajstić information content (AvgIpc) is 3.41. The molecule has 9 nitrogen and oxygen atoms in total. The molecule has 2 saturated heterocycles. The number of fused-ring (bicyclic) bond motifs is 2. The number of methoxy groups -OCH3 is 1. The molecule has 2 aliphatic heterocycles. The number of imidazole rings is 1. The minimum absolute atomic E-state index is 0.0236. The third-order valence-electron chi connectivity index (χ3n) is 7.06. The molecular formula is C24H25F4N7O2. The van der Waals surface area contributed by atoms with Gasteiger partial charge in [-0.05, 0) is 24.6 Å². The van der Waals surface area contributed by atoms with Gasteiger partial charge in [-0.25, -0.2) is 27.1 Å². The number of aryl methyl sites for hydroxylation is 2. The summed E-state index contributed by atoms with van der Waals surface area (Å²) >= 11 is 0. The molecule has 6 rings (SSSR count). The maximum Gasteiger partial charge on any atom is 0.281 e. The Kier molecular flexibility index (Phi) is 5.71. The van der Waals surface area contributed by atoms with E-state index in [1.54, 1.807) is 34.6 Å². The number of ether oxygens (including phenoxy) is 2. The monoisotopic (exact) mass is 519 g/mol. The number of rotatable bonds is 7. The maximum absolute atomic E-state index is 15.3. The van der Waals surface area contributed by atoms with Crippen molar-refractivity contribution in [1.82, 2.24) is 29.0 Å². The molecule has 0 unspecified atom stereocenters. The van der Waals surface area contributed by atoms with Crippen LogP contribution in [-0.4, -0.2) is 87.1 Å². The Morgan fingerprint density at radius 2 is 2.05 bits per heavy atom. The molecule has 0 aliphatic carbocycles. The van der Waals surface area contributed by atoms with E-state index in [9.17, 15) is 13.2 Å². The van der Waals surface area contributed by atoms with Gasteiger partial charge in [-0.2, -0.15) is 4.98 Å².